The van der Waals surface area contributed by atoms with Crippen LogP contribution in [-0.4, -0.2) is 49.0 Å². The van der Waals surface area contributed by atoms with E-state index in [2.05, 4.69) is 11.6 Å². The van der Waals surface area contributed by atoms with Gasteiger partial charge in [-0.25, -0.2) is 0 Å². The molecular formula is C10H20N2OS. The van der Waals surface area contributed by atoms with Crippen molar-refractivity contribution in [2.24, 2.45) is 0 Å². The molecule has 1 aliphatic heterocycles. The SMILES string of the molecule is CSCCN(C)C(=O)CC1CCCN1. The minimum Gasteiger partial charge on any atom is -0.345 e. The van der Waals surface area contributed by atoms with E-state index in [9.17, 15) is 4.79 Å². The highest BCUT2D eigenvalue weighted by molar-refractivity contribution is 7.98. The maximum atomic E-state index is 11.7. The topological polar surface area (TPSA) is 32.3 Å². The summed E-state index contributed by atoms with van der Waals surface area (Å²) in [6.07, 6.45) is 5.11. The molecule has 1 amide bonds. The molecule has 1 rings (SSSR count). The number of hydrogen-bond donors (Lipinski definition) is 1. The molecule has 82 valence electrons. The average molecular weight is 216 g/mol. The molecule has 14 heavy (non-hydrogen) atoms. The fraction of sp³-hybridized carbons (Fsp3) is 0.900. The second-order valence-corrected chi connectivity index (χ2v) is 4.79. The molecule has 0 aromatic rings. The second kappa shape index (κ2) is 6.30. The number of nitrogens with zero attached hydrogens (tertiary/aromatic N) is 1. The van der Waals surface area contributed by atoms with Gasteiger partial charge in [0.05, 0.1) is 0 Å². The number of thioether (sulfide) groups is 1. The van der Waals surface area contributed by atoms with Crippen LogP contribution < -0.4 is 5.32 Å². The Bertz CT molecular complexity index is 181. The number of carbonyl (C=O) groups excluding carboxylic acids is 1. The van der Waals surface area contributed by atoms with Crippen molar-refractivity contribution in [3.8, 4) is 0 Å². The highest BCUT2D eigenvalue weighted by atomic mass is 32.2. The number of rotatable bonds is 5. The van der Waals surface area contributed by atoms with Gasteiger partial charge in [-0.1, -0.05) is 0 Å². The molecule has 0 aliphatic carbocycles. The van der Waals surface area contributed by atoms with Gasteiger partial charge in [0.25, 0.3) is 0 Å². The zero-order valence-corrected chi connectivity index (χ0v) is 9.90. The Morgan fingerprint density at radius 3 is 3.00 bits per heavy atom. The molecule has 3 nitrogen and oxygen atoms in total. The number of nitrogens with one attached hydrogen (secondary N) is 1. The maximum absolute atomic E-state index is 11.7. The van der Waals surface area contributed by atoms with Crippen LogP contribution in [0.1, 0.15) is 19.3 Å². The lowest BCUT2D eigenvalue weighted by Gasteiger charge is -2.18. The monoisotopic (exact) mass is 216 g/mol. The van der Waals surface area contributed by atoms with Crippen molar-refractivity contribution in [2.75, 3.05) is 32.1 Å². The summed E-state index contributed by atoms with van der Waals surface area (Å²) in [5, 5.41) is 3.35. The van der Waals surface area contributed by atoms with E-state index in [1.54, 1.807) is 11.8 Å². The summed E-state index contributed by atoms with van der Waals surface area (Å²) in [6, 6.07) is 0.430. The van der Waals surface area contributed by atoms with E-state index in [0.29, 0.717) is 12.5 Å². The van der Waals surface area contributed by atoms with Crippen molar-refractivity contribution < 1.29 is 4.79 Å². The van der Waals surface area contributed by atoms with Crippen molar-refractivity contribution in [2.45, 2.75) is 25.3 Å². The van der Waals surface area contributed by atoms with Crippen LogP contribution in [0.3, 0.4) is 0 Å². The molecule has 1 saturated heterocycles. The Hall–Kier alpha value is -0.220. The smallest absolute Gasteiger partial charge is 0.223 e. The van der Waals surface area contributed by atoms with Crippen LogP contribution in [0.25, 0.3) is 0 Å². The van der Waals surface area contributed by atoms with Crippen molar-refractivity contribution >= 4 is 17.7 Å². The van der Waals surface area contributed by atoms with Crippen LogP contribution in [-0.2, 0) is 4.79 Å². The Morgan fingerprint density at radius 1 is 1.64 bits per heavy atom. The first kappa shape index (κ1) is 11.9. The summed E-state index contributed by atoms with van der Waals surface area (Å²) in [4.78, 5) is 13.5. The van der Waals surface area contributed by atoms with Crippen LogP contribution in [0.5, 0.6) is 0 Å². The van der Waals surface area contributed by atoms with E-state index in [1.807, 2.05) is 11.9 Å². The molecule has 0 saturated carbocycles. The van der Waals surface area contributed by atoms with Gasteiger partial charge in [0.15, 0.2) is 0 Å². The Labute approximate surface area is 90.6 Å². The minimum atomic E-state index is 0.276. The quantitative estimate of drug-likeness (QED) is 0.742. The third-order valence-corrected chi connectivity index (χ3v) is 3.23. The van der Waals surface area contributed by atoms with Gasteiger partial charge in [0.2, 0.25) is 5.91 Å². The van der Waals surface area contributed by atoms with Crippen molar-refractivity contribution in [3.05, 3.63) is 0 Å². The van der Waals surface area contributed by atoms with Crippen molar-refractivity contribution in [1.29, 1.82) is 0 Å². The maximum Gasteiger partial charge on any atom is 0.223 e. The van der Waals surface area contributed by atoms with Crippen molar-refractivity contribution in [1.82, 2.24) is 10.2 Å². The van der Waals surface area contributed by atoms with E-state index in [0.717, 1.165) is 25.3 Å². The average Bonchev–Trinajstić information content (AvgIpc) is 2.66. The summed E-state index contributed by atoms with van der Waals surface area (Å²) in [5.74, 6) is 1.30. The second-order valence-electron chi connectivity index (χ2n) is 3.81. The van der Waals surface area contributed by atoms with Crippen LogP contribution >= 0.6 is 11.8 Å². The highest BCUT2D eigenvalue weighted by Gasteiger charge is 2.19. The first-order chi connectivity index (χ1) is 6.74. The standard InChI is InChI=1S/C10H20N2OS/c1-12(6-7-14-2)10(13)8-9-4-3-5-11-9/h9,11H,3-8H2,1-2H3. The summed E-state index contributed by atoms with van der Waals surface area (Å²) >= 11 is 1.78. The molecule has 0 radical (unpaired) electrons. The predicted molar refractivity (Wildman–Crippen MR) is 61.7 cm³/mol. The van der Waals surface area contributed by atoms with Gasteiger partial charge in [-0.15, -0.1) is 0 Å². The molecule has 0 aromatic carbocycles. The number of hydrogen-bond acceptors (Lipinski definition) is 3. The number of amides is 1. The van der Waals surface area contributed by atoms with E-state index in [-0.39, 0.29) is 5.91 Å². The lowest BCUT2D eigenvalue weighted by atomic mass is 10.1. The Balaban J connectivity index is 2.18. The predicted octanol–water partition coefficient (Wildman–Crippen LogP) is 0.950. The van der Waals surface area contributed by atoms with Crippen molar-refractivity contribution in [3.63, 3.8) is 0 Å². The zero-order valence-electron chi connectivity index (χ0n) is 9.08. The molecule has 1 fully saturated rings. The lowest BCUT2D eigenvalue weighted by Crippen LogP contribution is -2.34. The van der Waals surface area contributed by atoms with Gasteiger partial charge in [0, 0.05) is 31.8 Å². The molecule has 0 spiro atoms. The molecular weight excluding hydrogens is 196 g/mol. The first-order valence-electron chi connectivity index (χ1n) is 5.20. The zero-order chi connectivity index (χ0) is 10.4. The van der Waals surface area contributed by atoms with Gasteiger partial charge in [-0.05, 0) is 25.6 Å². The third kappa shape index (κ3) is 3.88. The highest BCUT2D eigenvalue weighted by Crippen LogP contribution is 2.10. The van der Waals surface area contributed by atoms with Crippen LogP contribution in [0.15, 0.2) is 0 Å². The summed E-state index contributed by atoms with van der Waals surface area (Å²) in [5.41, 5.74) is 0. The fourth-order valence-corrected chi connectivity index (χ4v) is 2.11. The van der Waals surface area contributed by atoms with Crippen LogP contribution in [0.2, 0.25) is 0 Å². The van der Waals surface area contributed by atoms with E-state index >= 15 is 0 Å². The van der Waals surface area contributed by atoms with Crippen LogP contribution in [0.4, 0.5) is 0 Å². The fourth-order valence-electron chi connectivity index (χ4n) is 1.65. The number of carbonyl (C=O) groups is 1. The normalized spacial score (nSPS) is 21.1. The Kier molecular flexibility index (Phi) is 5.33. The molecule has 0 bridgehead atoms. The van der Waals surface area contributed by atoms with E-state index < -0.39 is 0 Å². The van der Waals surface area contributed by atoms with Gasteiger partial charge in [0.1, 0.15) is 0 Å². The first-order valence-corrected chi connectivity index (χ1v) is 6.59. The summed E-state index contributed by atoms with van der Waals surface area (Å²) < 4.78 is 0. The summed E-state index contributed by atoms with van der Waals surface area (Å²) in [6.45, 7) is 1.94. The molecule has 1 unspecified atom stereocenters. The lowest BCUT2D eigenvalue weighted by molar-refractivity contribution is -0.130. The molecule has 1 atom stereocenters. The van der Waals surface area contributed by atoms with Crippen LogP contribution in [0, 0.1) is 0 Å². The van der Waals surface area contributed by atoms with Gasteiger partial charge in [-0.3, -0.25) is 4.79 Å². The Morgan fingerprint density at radius 2 is 2.43 bits per heavy atom. The molecule has 1 N–H and O–H groups in total. The molecule has 1 aliphatic rings. The molecule has 4 heteroatoms. The largest absolute Gasteiger partial charge is 0.345 e. The summed E-state index contributed by atoms with van der Waals surface area (Å²) in [7, 11) is 1.90. The van der Waals surface area contributed by atoms with E-state index in [4.69, 9.17) is 0 Å². The minimum absolute atomic E-state index is 0.276. The van der Waals surface area contributed by atoms with Gasteiger partial charge in [-0.2, -0.15) is 11.8 Å². The third-order valence-electron chi connectivity index (χ3n) is 2.64. The van der Waals surface area contributed by atoms with Gasteiger partial charge >= 0.3 is 0 Å². The molecule has 0 aromatic heterocycles. The van der Waals surface area contributed by atoms with Gasteiger partial charge < -0.3 is 10.2 Å². The van der Waals surface area contributed by atoms with E-state index in [1.165, 1.54) is 6.42 Å². The molecule has 1 heterocycles.